The smallest absolute Gasteiger partial charge is 0.224 e. The summed E-state index contributed by atoms with van der Waals surface area (Å²) in [4.78, 5) is 12.5. The van der Waals surface area contributed by atoms with Gasteiger partial charge in [0.15, 0.2) is 11.5 Å². The lowest BCUT2D eigenvalue weighted by atomic mass is 10.2. The fraction of sp³-hybridized carbons (Fsp3) is 0.231. The topological polar surface area (TPSA) is 68.5 Å². The molecule has 3 heterocycles. The number of nitrogens with one attached hydrogen (secondary N) is 1. The zero-order valence-corrected chi connectivity index (χ0v) is 12.1. The van der Waals surface area contributed by atoms with Gasteiger partial charge in [-0.1, -0.05) is 0 Å². The molecule has 7 heteroatoms. The molecule has 0 radical (unpaired) electrons. The van der Waals surface area contributed by atoms with Gasteiger partial charge in [-0.2, -0.15) is 10.1 Å². The average molecular weight is 289 g/mol. The van der Waals surface area contributed by atoms with Crippen LogP contribution in [0.2, 0.25) is 5.28 Å². The van der Waals surface area contributed by atoms with Crippen molar-refractivity contribution in [1.29, 1.82) is 0 Å². The largest absolute Gasteiger partial charge is 0.337 e. The Hall–Kier alpha value is -2.21. The second-order valence-corrected chi connectivity index (χ2v) is 4.96. The third kappa shape index (κ3) is 2.18. The Morgan fingerprint density at radius 1 is 1.20 bits per heavy atom. The van der Waals surface area contributed by atoms with Crippen molar-refractivity contribution in [2.45, 2.75) is 13.8 Å². The van der Waals surface area contributed by atoms with Crippen LogP contribution in [0.4, 0.5) is 11.5 Å². The molecule has 0 fully saturated rings. The first-order valence-electron chi connectivity index (χ1n) is 6.10. The highest BCUT2D eigenvalue weighted by molar-refractivity contribution is 6.28. The Morgan fingerprint density at radius 3 is 2.80 bits per heavy atom. The molecule has 0 aliphatic heterocycles. The second-order valence-electron chi connectivity index (χ2n) is 4.62. The van der Waals surface area contributed by atoms with Crippen LogP contribution in [0.5, 0.6) is 0 Å². The van der Waals surface area contributed by atoms with Crippen molar-refractivity contribution in [3.63, 3.8) is 0 Å². The lowest BCUT2D eigenvalue weighted by Crippen LogP contribution is -1.98. The summed E-state index contributed by atoms with van der Waals surface area (Å²) < 4.78 is 1.67. The summed E-state index contributed by atoms with van der Waals surface area (Å²) in [7, 11) is 1.82. The zero-order chi connectivity index (χ0) is 14.3. The van der Waals surface area contributed by atoms with E-state index in [-0.39, 0.29) is 5.28 Å². The molecule has 6 nitrogen and oxygen atoms in total. The predicted octanol–water partition coefficient (Wildman–Crippen LogP) is 2.77. The second kappa shape index (κ2) is 4.72. The van der Waals surface area contributed by atoms with E-state index in [1.807, 2.05) is 33.2 Å². The summed E-state index contributed by atoms with van der Waals surface area (Å²) in [5.41, 5.74) is 3.59. The normalized spacial score (nSPS) is 11.0. The number of anilines is 2. The molecule has 0 bridgehead atoms. The number of hydrogen-bond acceptors (Lipinski definition) is 5. The average Bonchev–Trinajstić information content (AvgIpc) is 2.70. The maximum Gasteiger partial charge on any atom is 0.224 e. The minimum atomic E-state index is 0.209. The van der Waals surface area contributed by atoms with Gasteiger partial charge in [-0.15, -0.1) is 0 Å². The van der Waals surface area contributed by atoms with Gasteiger partial charge >= 0.3 is 0 Å². The van der Waals surface area contributed by atoms with Crippen LogP contribution in [0.1, 0.15) is 11.3 Å². The Balaban J connectivity index is 2.09. The van der Waals surface area contributed by atoms with Crippen LogP contribution in [-0.2, 0) is 7.05 Å². The van der Waals surface area contributed by atoms with Crippen molar-refractivity contribution < 1.29 is 0 Å². The fourth-order valence-corrected chi connectivity index (χ4v) is 2.13. The van der Waals surface area contributed by atoms with Gasteiger partial charge in [-0.25, -0.2) is 9.67 Å². The predicted molar refractivity (Wildman–Crippen MR) is 78.3 cm³/mol. The van der Waals surface area contributed by atoms with Gasteiger partial charge in [0, 0.05) is 19.4 Å². The maximum absolute atomic E-state index is 5.81. The van der Waals surface area contributed by atoms with E-state index in [1.165, 1.54) is 0 Å². The van der Waals surface area contributed by atoms with Crippen LogP contribution in [0.25, 0.3) is 11.0 Å². The van der Waals surface area contributed by atoms with E-state index in [0.717, 1.165) is 22.3 Å². The molecule has 20 heavy (non-hydrogen) atoms. The van der Waals surface area contributed by atoms with Crippen molar-refractivity contribution in [3.05, 3.63) is 35.0 Å². The molecule has 3 rings (SSSR count). The van der Waals surface area contributed by atoms with Crippen LogP contribution in [-0.4, -0.2) is 24.7 Å². The highest BCUT2D eigenvalue weighted by Gasteiger charge is 2.12. The summed E-state index contributed by atoms with van der Waals surface area (Å²) in [6.07, 6.45) is 3.50. The van der Waals surface area contributed by atoms with Gasteiger partial charge in [0.25, 0.3) is 0 Å². The van der Waals surface area contributed by atoms with E-state index >= 15 is 0 Å². The standard InChI is InChI=1S/C13H13ClN6/c1-7-4-10(8(2)15-5-7)17-11-9-6-16-13(14)18-12(9)20(3)19-11/h4-6H,1-3H3,(H,17,19). The third-order valence-corrected chi connectivity index (χ3v) is 3.21. The van der Waals surface area contributed by atoms with Gasteiger partial charge in [-0.3, -0.25) is 4.98 Å². The van der Waals surface area contributed by atoms with E-state index in [2.05, 4.69) is 25.4 Å². The molecule has 3 aromatic heterocycles. The molecule has 0 aliphatic carbocycles. The van der Waals surface area contributed by atoms with E-state index in [9.17, 15) is 0 Å². The lowest BCUT2D eigenvalue weighted by Gasteiger charge is -2.07. The van der Waals surface area contributed by atoms with E-state index in [4.69, 9.17) is 11.6 Å². The fourth-order valence-electron chi connectivity index (χ4n) is 2.00. The number of halogens is 1. The summed E-state index contributed by atoms with van der Waals surface area (Å²) >= 11 is 5.81. The third-order valence-electron chi connectivity index (χ3n) is 3.03. The number of nitrogens with zero attached hydrogens (tertiary/aromatic N) is 5. The highest BCUT2D eigenvalue weighted by Crippen LogP contribution is 2.25. The van der Waals surface area contributed by atoms with Crippen molar-refractivity contribution in [1.82, 2.24) is 24.7 Å². The SMILES string of the molecule is Cc1cnc(C)c(Nc2nn(C)c3nc(Cl)ncc23)c1. The van der Waals surface area contributed by atoms with Crippen LogP contribution in [0.3, 0.4) is 0 Å². The van der Waals surface area contributed by atoms with Crippen molar-refractivity contribution >= 4 is 34.1 Å². The van der Waals surface area contributed by atoms with E-state index in [1.54, 1.807) is 10.9 Å². The van der Waals surface area contributed by atoms with E-state index in [0.29, 0.717) is 11.5 Å². The molecule has 0 spiro atoms. The van der Waals surface area contributed by atoms with Crippen molar-refractivity contribution in [2.24, 2.45) is 7.05 Å². The first kappa shape index (κ1) is 12.8. The number of aromatic nitrogens is 5. The van der Waals surface area contributed by atoms with E-state index < -0.39 is 0 Å². The molecule has 1 N–H and O–H groups in total. The minimum absolute atomic E-state index is 0.209. The quantitative estimate of drug-likeness (QED) is 0.734. The Morgan fingerprint density at radius 2 is 2.00 bits per heavy atom. The summed E-state index contributed by atoms with van der Waals surface area (Å²) in [6.45, 7) is 3.94. The van der Waals surface area contributed by atoms with Crippen LogP contribution in [0, 0.1) is 13.8 Å². The molecule has 0 unspecified atom stereocenters. The number of hydrogen-bond donors (Lipinski definition) is 1. The highest BCUT2D eigenvalue weighted by atomic mass is 35.5. The molecule has 0 aliphatic rings. The first-order valence-corrected chi connectivity index (χ1v) is 6.48. The van der Waals surface area contributed by atoms with Gasteiger partial charge in [0.1, 0.15) is 0 Å². The number of fused-ring (bicyclic) bond motifs is 1. The monoisotopic (exact) mass is 288 g/mol. The number of aryl methyl sites for hydroxylation is 3. The molecule has 0 aromatic carbocycles. The van der Waals surface area contributed by atoms with Gasteiger partial charge in [-0.05, 0) is 37.1 Å². The van der Waals surface area contributed by atoms with Crippen LogP contribution in [0.15, 0.2) is 18.5 Å². The Labute approximate surface area is 120 Å². The van der Waals surface area contributed by atoms with Gasteiger partial charge in [0.2, 0.25) is 5.28 Å². The van der Waals surface area contributed by atoms with Crippen molar-refractivity contribution in [2.75, 3.05) is 5.32 Å². The summed E-state index contributed by atoms with van der Waals surface area (Å²) in [5, 5.41) is 8.72. The lowest BCUT2D eigenvalue weighted by molar-refractivity contribution is 0.789. The first-order chi connectivity index (χ1) is 9.54. The molecule has 0 amide bonds. The Bertz CT molecular complexity index is 795. The zero-order valence-electron chi connectivity index (χ0n) is 11.3. The molecule has 0 atom stereocenters. The molecular formula is C13H13ClN6. The molecule has 0 saturated carbocycles. The molecule has 0 saturated heterocycles. The van der Waals surface area contributed by atoms with Crippen molar-refractivity contribution in [3.8, 4) is 0 Å². The number of rotatable bonds is 2. The minimum Gasteiger partial charge on any atom is -0.337 e. The van der Waals surface area contributed by atoms with Gasteiger partial charge in [0.05, 0.1) is 16.8 Å². The molecule has 3 aromatic rings. The van der Waals surface area contributed by atoms with Crippen LogP contribution < -0.4 is 5.32 Å². The molecule has 102 valence electrons. The van der Waals surface area contributed by atoms with Gasteiger partial charge < -0.3 is 5.32 Å². The summed E-state index contributed by atoms with van der Waals surface area (Å²) in [6, 6.07) is 2.03. The summed E-state index contributed by atoms with van der Waals surface area (Å²) in [5.74, 6) is 0.690. The molecular weight excluding hydrogens is 276 g/mol. The van der Waals surface area contributed by atoms with Crippen LogP contribution >= 0.6 is 11.6 Å². The Kier molecular flexibility index (Phi) is 3.02. The number of pyridine rings is 1. The maximum atomic E-state index is 5.81.